The minimum Gasteiger partial charge on any atom is -0.399 e. The third-order valence-corrected chi connectivity index (χ3v) is 3.07. The van der Waals surface area contributed by atoms with Gasteiger partial charge in [0.15, 0.2) is 0 Å². The second-order valence-corrected chi connectivity index (χ2v) is 5.38. The molecule has 0 aromatic rings. The van der Waals surface area contributed by atoms with Gasteiger partial charge in [0.05, 0.1) is 0 Å². The standard InChI is InChI=1S/C22H24N2O/c1-19-12-8-5-3-4-6-10-14-21(23)15-11-7-9-13-20(2)18-22(24-25)17-16-19/h3-18H,23H2,1-2H3/b4-3?,5-3-,6-4-,8-5?,9-7?,10-6?,11-7-,12-8-,13-9-,14-10-,15-11?,17-16?,19-12?,19-16-,20-13?,20-18-,21-14?,21-15+,22-17+,22-18?. The van der Waals surface area contributed by atoms with Gasteiger partial charge in [0, 0.05) is 5.70 Å². The first-order valence-electron chi connectivity index (χ1n) is 8.00. The minimum absolute atomic E-state index is 0.376. The van der Waals surface area contributed by atoms with E-state index in [4.69, 9.17) is 5.73 Å². The zero-order valence-electron chi connectivity index (χ0n) is 14.7. The molecule has 1 aliphatic rings. The molecule has 25 heavy (non-hydrogen) atoms. The van der Waals surface area contributed by atoms with Crippen LogP contribution in [0.15, 0.2) is 125 Å². The van der Waals surface area contributed by atoms with Crippen molar-refractivity contribution in [3.63, 3.8) is 0 Å². The number of allylic oxidation sites excluding steroid dienone is 18. The van der Waals surface area contributed by atoms with Crippen LogP contribution in [0, 0.1) is 4.91 Å². The Kier molecular flexibility index (Phi) is 9.72. The molecule has 2 N–H and O–H groups in total. The van der Waals surface area contributed by atoms with Crippen LogP contribution in [-0.4, -0.2) is 0 Å². The van der Waals surface area contributed by atoms with Gasteiger partial charge in [-0.2, -0.15) is 0 Å². The van der Waals surface area contributed by atoms with Crippen LogP contribution in [0.4, 0.5) is 0 Å². The van der Waals surface area contributed by atoms with Gasteiger partial charge in [-0.05, 0) is 48.9 Å². The Balaban J connectivity index is 3.11. The molecular formula is C22H24N2O. The van der Waals surface area contributed by atoms with E-state index in [2.05, 4.69) is 5.18 Å². The van der Waals surface area contributed by atoms with E-state index in [1.165, 1.54) is 0 Å². The van der Waals surface area contributed by atoms with Crippen molar-refractivity contribution in [3.8, 4) is 0 Å². The van der Waals surface area contributed by atoms with Gasteiger partial charge in [-0.1, -0.05) is 78.5 Å². The van der Waals surface area contributed by atoms with Gasteiger partial charge in [0.25, 0.3) is 0 Å². The summed E-state index contributed by atoms with van der Waals surface area (Å²) in [5.74, 6) is 0. The van der Waals surface area contributed by atoms with E-state index in [-0.39, 0.29) is 0 Å². The lowest BCUT2D eigenvalue weighted by atomic mass is 10.2. The molecular weight excluding hydrogens is 308 g/mol. The molecule has 0 saturated heterocycles. The molecule has 1 aliphatic carbocycles. The van der Waals surface area contributed by atoms with Crippen LogP contribution in [0.1, 0.15) is 13.8 Å². The third kappa shape index (κ3) is 10.2. The molecule has 0 fully saturated rings. The molecule has 3 heteroatoms. The van der Waals surface area contributed by atoms with E-state index in [9.17, 15) is 4.91 Å². The second-order valence-electron chi connectivity index (χ2n) is 5.38. The highest BCUT2D eigenvalue weighted by atomic mass is 16.3. The van der Waals surface area contributed by atoms with Gasteiger partial charge in [0.1, 0.15) is 5.70 Å². The van der Waals surface area contributed by atoms with Crippen molar-refractivity contribution in [1.82, 2.24) is 0 Å². The molecule has 0 atom stereocenters. The van der Waals surface area contributed by atoms with E-state index in [1.54, 1.807) is 12.2 Å². The third-order valence-electron chi connectivity index (χ3n) is 3.07. The van der Waals surface area contributed by atoms with Gasteiger partial charge in [0.2, 0.25) is 0 Å². The maximum absolute atomic E-state index is 10.9. The second kappa shape index (κ2) is 12.3. The minimum atomic E-state index is 0.376. The van der Waals surface area contributed by atoms with Crippen LogP contribution < -0.4 is 5.73 Å². The summed E-state index contributed by atoms with van der Waals surface area (Å²) in [4.78, 5) is 10.9. The first-order chi connectivity index (χ1) is 12.1. The Morgan fingerprint density at radius 1 is 0.680 bits per heavy atom. The number of hydrogen-bond acceptors (Lipinski definition) is 3. The van der Waals surface area contributed by atoms with E-state index < -0.39 is 0 Å². The zero-order chi connectivity index (χ0) is 18.3. The number of hydrogen-bond donors (Lipinski definition) is 1. The average molecular weight is 332 g/mol. The van der Waals surface area contributed by atoms with E-state index in [0.717, 1.165) is 11.1 Å². The Morgan fingerprint density at radius 2 is 1.24 bits per heavy atom. The van der Waals surface area contributed by atoms with Crippen LogP contribution in [-0.2, 0) is 0 Å². The molecule has 0 unspecified atom stereocenters. The zero-order valence-corrected chi connectivity index (χ0v) is 14.7. The van der Waals surface area contributed by atoms with Gasteiger partial charge in [-0.3, -0.25) is 0 Å². The Bertz CT molecular complexity index is 749. The summed E-state index contributed by atoms with van der Waals surface area (Å²) in [6.45, 7) is 3.88. The monoisotopic (exact) mass is 332 g/mol. The summed E-state index contributed by atoms with van der Waals surface area (Å²) in [5, 5.41) is 3.05. The molecule has 0 bridgehead atoms. The number of nitrogens with two attached hydrogens (primary N) is 1. The van der Waals surface area contributed by atoms with Crippen molar-refractivity contribution in [3.05, 3.63) is 125 Å². The quantitative estimate of drug-likeness (QED) is 0.624. The normalized spacial score (nSPS) is 32.7. The van der Waals surface area contributed by atoms with Gasteiger partial charge in [-0.15, -0.1) is 4.91 Å². The average Bonchev–Trinajstić information content (AvgIpc) is 2.59. The predicted molar refractivity (Wildman–Crippen MR) is 109 cm³/mol. The molecule has 0 aliphatic heterocycles. The number of nitrogens with zero attached hydrogens (tertiary/aromatic N) is 1. The molecule has 0 saturated carbocycles. The summed E-state index contributed by atoms with van der Waals surface area (Å²) >= 11 is 0. The number of nitroso groups, excluding NO2 is 1. The van der Waals surface area contributed by atoms with Crippen LogP contribution in [0.3, 0.4) is 0 Å². The molecule has 3 nitrogen and oxygen atoms in total. The lowest BCUT2D eigenvalue weighted by Gasteiger charge is -1.92. The van der Waals surface area contributed by atoms with Gasteiger partial charge in [-0.25, -0.2) is 0 Å². The van der Waals surface area contributed by atoms with Crippen LogP contribution in [0.5, 0.6) is 0 Å². The molecule has 0 aromatic heterocycles. The molecule has 1 rings (SSSR count). The summed E-state index contributed by atoms with van der Waals surface area (Å²) in [6, 6.07) is 0. The fourth-order valence-electron chi connectivity index (χ4n) is 1.78. The van der Waals surface area contributed by atoms with Gasteiger partial charge >= 0.3 is 0 Å². The molecule has 0 radical (unpaired) electrons. The molecule has 0 amide bonds. The lowest BCUT2D eigenvalue weighted by Crippen LogP contribution is -1.90. The summed E-state index contributed by atoms with van der Waals surface area (Å²) in [6.07, 6.45) is 29.9. The highest BCUT2D eigenvalue weighted by Gasteiger charge is 1.91. The molecule has 0 spiro atoms. The maximum atomic E-state index is 10.9. The predicted octanol–water partition coefficient (Wildman–Crippen LogP) is 5.72. The van der Waals surface area contributed by atoms with Crippen molar-refractivity contribution < 1.29 is 0 Å². The SMILES string of the molecule is CC1=C/C=C(N=O)\C=C(C)/C=C\C=C/C=C(N)\C=C/C=C\C=C/C=C\1. The topological polar surface area (TPSA) is 55.5 Å². The van der Waals surface area contributed by atoms with Crippen LogP contribution >= 0.6 is 0 Å². The highest BCUT2D eigenvalue weighted by Crippen LogP contribution is 2.07. The highest BCUT2D eigenvalue weighted by molar-refractivity contribution is 5.35. The summed E-state index contributed by atoms with van der Waals surface area (Å²) in [7, 11) is 0. The fraction of sp³-hybridized carbons (Fsp3) is 0.0909. The number of rotatable bonds is 1. The Hall–Kier alpha value is -3.20. The smallest absolute Gasteiger partial charge is 0.108 e. The lowest BCUT2D eigenvalue weighted by molar-refractivity contribution is 1.34. The van der Waals surface area contributed by atoms with Crippen molar-refractivity contribution in [2.24, 2.45) is 10.9 Å². The Labute approximate surface area is 150 Å². The van der Waals surface area contributed by atoms with Crippen molar-refractivity contribution >= 4 is 0 Å². The Morgan fingerprint density at radius 3 is 1.92 bits per heavy atom. The fourth-order valence-corrected chi connectivity index (χ4v) is 1.78. The van der Waals surface area contributed by atoms with E-state index in [1.807, 2.05) is 98.9 Å². The molecule has 128 valence electrons. The van der Waals surface area contributed by atoms with Crippen LogP contribution in [0.25, 0.3) is 0 Å². The van der Waals surface area contributed by atoms with Gasteiger partial charge < -0.3 is 5.73 Å². The first-order valence-corrected chi connectivity index (χ1v) is 8.00. The first kappa shape index (κ1) is 19.8. The van der Waals surface area contributed by atoms with Crippen molar-refractivity contribution in [1.29, 1.82) is 0 Å². The van der Waals surface area contributed by atoms with Crippen molar-refractivity contribution in [2.45, 2.75) is 13.8 Å². The maximum Gasteiger partial charge on any atom is 0.108 e. The summed E-state index contributed by atoms with van der Waals surface area (Å²) < 4.78 is 0. The van der Waals surface area contributed by atoms with Crippen molar-refractivity contribution in [2.75, 3.05) is 0 Å². The van der Waals surface area contributed by atoms with E-state index in [0.29, 0.717) is 11.4 Å². The molecule has 0 aromatic carbocycles. The molecule has 0 heterocycles. The van der Waals surface area contributed by atoms with Crippen LogP contribution in [0.2, 0.25) is 0 Å². The summed E-state index contributed by atoms with van der Waals surface area (Å²) in [5.41, 5.74) is 8.85. The van der Waals surface area contributed by atoms with E-state index >= 15 is 0 Å². The largest absolute Gasteiger partial charge is 0.399 e.